The number of hydrogen-bond acceptors (Lipinski definition) is 4. The van der Waals surface area contributed by atoms with Gasteiger partial charge in [-0.2, -0.15) is 0 Å². The number of rotatable bonds is 6. The monoisotopic (exact) mass is 358 g/mol. The van der Waals surface area contributed by atoms with Crippen LogP contribution in [0.25, 0.3) is 0 Å². The summed E-state index contributed by atoms with van der Waals surface area (Å²) in [6.07, 6.45) is 7.43. The van der Waals surface area contributed by atoms with Crippen molar-refractivity contribution in [1.29, 1.82) is 0 Å². The van der Waals surface area contributed by atoms with E-state index in [9.17, 15) is 4.79 Å². The topological polar surface area (TPSA) is 45.5 Å². The second-order valence-electron chi connectivity index (χ2n) is 6.52. The molecule has 1 aliphatic rings. The molecule has 25 heavy (non-hydrogen) atoms. The number of nitrogens with one attached hydrogen (secondary N) is 1. The molecule has 1 aromatic heterocycles. The number of carbonyl (C=O) groups is 1. The van der Waals surface area contributed by atoms with Crippen LogP contribution < -0.4 is 5.32 Å². The molecule has 1 aliphatic heterocycles. The maximum absolute atomic E-state index is 12.7. The summed E-state index contributed by atoms with van der Waals surface area (Å²) < 4.78 is 5.65. The molecule has 2 aromatic rings. The summed E-state index contributed by atoms with van der Waals surface area (Å²) in [5, 5.41) is 3.13. The van der Waals surface area contributed by atoms with Crippen LogP contribution in [0.4, 0.5) is 0 Å². The van der Waals surface area contributed by atoms with Gasteiger partial charge < -0.3 is 9.73 Å². The lowest BCUT2D eigenvalue weighted by molar-refractivity contribution is 0.0913. The molecule has 134 valence electrons. The molecule has 5 heteroatoms. The second-order valence-corrected chi connectivity index (χ2v) is 7.40. The van der Waals surface area contributed by atoms with E-state index in [1.807, 2.05) is 37.4 Å². The minimum Gasteiger partial charge on any atom is -0.468 e. The predicted octanol–water partition coefficient (Wildman–Crippen LogP) is 4.27. The molecule has 0 spiro atoms. The lowest BCUT2D eigenvalue weighted by Crippen LogP contribution is -2.40. The Morgan fingerprint density at radius 2 is 2.08 bits per heavy atom. The molecule has 1 N–H and O–H groups in total. The SMILES string of the molecule is CSc1ccc(C)c(C(=O)NCC(c2ccco2)N2CCCCC2)c1. The van der Waals surface area contributed by atoms with Crippen LogP contribution in [0.15, 0.2) is 45.9 Å². The first kappa shape index (κ1) is 18.1. The van der Waals surface area contributed by atoms with Crippen LogP contribution in [0.3, 0.4) is 0 Å². The van der Waals surface area contributed by atoms with Gasteiger partial charge >= 0.3 is 0 Å². The first-order valence-corrected chi connectivity index (χ1v) is 10.1. The molecule has 2 heterocycles. The molecule has 3 rings (SSSR count). The van der Waals surface area contributed by atoms with Gasteiger partial charge in [-0.1, -0.05) is 12.5 Å². The average Bonchev–Trinajstić information content (AvgIpc) is 3.17. The van der Waals surface area contributed by atoms with Gasteiger partial charge in [-0.25, -0.2) is 0 Å². The van der Waals surface area contributed by atoms with E-state index in [1.54, 1.807) is 18.0 Å². The van der Waals surface area contributed by atoms with Crippen molar-refractivity contribution in [2.45, 2.75) is 37.1 Å². The molecular weight excluding hydrogens is 332 g/mol. The number of aryl methyl sites for hydroxylation is 1. The van der Waals surface area contributed by atoms with Gasteiger partial charge in [0.2, 0.25) is 0 Å². The number of carbonyl (C=O) groups excluding carboxylic acids is 1. The first-order chi connectivity index (χ1) is 12.2. The summed E-state index contributed by atoms with van der Waals surface area (Å²) in [6, 6.07) is 10.1. The van der Waals surface area contributed by atoms with E-state index in [2.05, 4.69) is 16.3 Å². The fraction of sp³-hybridized carbons (Fsp3) is 0.450. The zero-order chi connectivity index (χ0) is 17.6. The third-order valence-corrected chi connectivity index (χ3v) is 5.57. The molecule has 0 bridgehead atoms. The molecular formula is C20H26N2O2S. The van der Waals surface area contributed by atoms with E-state index in [1.165, 1.54) is 19.3 Å². The van der Waals surface area contributed by atoms with Gasteiger partial charge in [0.25, 0.3) is 5.91 Å². The Balaban J connectivity index is 1.71. The van der Waals surface area contributed by atoms with Gasteiger partial charge in [-0.3, -0.25) is 9.69 Å². The zero-order valence-corrected chi connectivity index (χ0v) is 15.8. The fourth-order valence-corrected chi connectivity index (χ4v) is 3.82. The highest BCUT2D eigenvalue weighted by Gasteiger charge is 2.25. The average molecular weight is 359 g/mol. The number of likely N-dealkylation sites (tertiary alicyclic amines) is 1. The number of amides is 1. The third-order valence-electron chi connectivity index (χ3n) is 4.85. The summed E-state index contributed by atoms with van der Waals surface area (Å²) >= 11 is 1.65. The van der Waals surface area contributed by atoms with Crippen LogP contribution in [0.1, 0.15) is 47.0 Å². The van der Waals surface area contributed by atoms with Crippen LogP contribution in [0, 0.1) is 6.92 Å². The van der Waals surface area contributed by atoms with Gasteiger partial charge in [0.15, 0.2) is 0 Å². The predicted molar refractivity (Wildman–Crippen MR) is 102 cm³/mol. The molecule has 1 unspecified atom stereocenters. The van der Waals surface area contributed by atoms with E-state index >= 15 is 0 Å². The van der Waals surface area contributed by atoms with Crippen molar-refractivity contribution in [2.24, 2.45) is 0 Å². The van der Waals surface area contributed by atoms with E-state index in [4.69, 9.17) is 4.42 Å². The quantitative estimate of drug-likeness (QED) is 0.784. The van der Waals surface area contributed by atoms with Crippen molar-refractivity contribution < 1.29 is 9.21 Å². The Morgan fingerprint density at radius 3 is 2.76 bits per heavy atom. The Hall–Kier alpha value is -1.72. The summed E-state index contributed by atoms with van der Waals surface area (Å²) in [5.41, 5.74) is 1.76. The largest absolute Gasteiger partial charge is 0.468 e. The number of thioether (sulfide) groups is 1. The third kappa shape index (κ3) is 4.47. The lowest BCUT2D eigenvalue weighted by atomic mass is 10.1. The highest BCUT2D eigenvalue weighted by Crippen LogP contribution is 2.25. The Labute approximate surface area is 154 Å². The number of nitrogens with zero attached hydrogens (tertiary/aromatic N) is 1. The Bertz CT molecular complexity index is 694. The highest BCUT2D eigenvalue weighted by atomic mass is 32.2. The number of piperidine rings is 1. The smallest absolute Gasteiger partial charge is 0.251 e. The molecule has 1 saturated heterocycles. The minimum absolute atomic E-state index is 0.0121. The summed E-state index contributed by atoms with van der Waals surface area (Å²) in [6.45, 7) is 4.66. The van der Waals surface area contributed by atoms with Crippen molar-refractivity contribution in [3.63, 3.8) is 0 Å². The minimum atomic E-state index is -0.0121. The summed E-state index contributed by atoms with van der Waals surface area (Å²) in [4.78, 5) is 16.3. The van der Waals surface area contributed by atoms with Gasteiger partial charge in [-0.05, 0) is 68.9 Å². The molecule has 0 radical (unpaired) electrons. The van der Waals surface area contributed by atoms with E-state index in [-0.39, 0.29) is 11.9 Å². The van der Waals surface area contributed by atoms with Gasteiger partial charge in [0.1, 0.15) is 5.76 Å². The molecule has 4 nitrogen and oxygen atoms in total. The molecule has 1 atom stereocenters. The molecule has 0 aliphatic carbocycles. The number of furan rings is 1. The molecule has 1 fully saturated rings. The lowest BCUT2D eigenvalue weighted by Gasteiger charge is -2.33. The number of benzene rings is 1. The van der Waals surface area contributed by atoms with Crippen LogP contribution in [0.2, 0.25) is 0 Å². The maximum Gasteiger partial charge on any atom is 0.251 e. The first-order valence-electron chi connectivity index (χ1n) is 8.89. The molecule has 0 saturated carbocycles. The van der Waals surface area contributed by atoms with E-state index < -0.39 is 0 Å². The van der Waals surface area contributed by atoms with E-state index in [0.717, 1.165) is 34.9 Å². The molecule has 1 amide bonds. The van der Waals surface area contributed by atoms with Crippen LogP contribution in [-0.4, -0.2) is 36.7 Å². The Morgan fingerprint density at radius 1 is 1.28 bits per heavy atom. The van der Waals surface area contributed by atoms with Crippen molar-refractivity contribution in [3.8, 4) is 0 Å². The molecule has 1 aromatic carbocycles. The highest BCUT2D eigenvalue weighted by molar-refractivity contribution is 7.98. The fourth-order valence-electron chi connectivity index (χ4n) is 3.38. The summed E-state index contributed by atoms with van der Waals surface area (Å²) in [7, 11) is 0. The maximum atomic E-state index is 12.7. The van der Waals surface area contributed by atoms with Crippen molar-refractivity contribution in [1.82, 2.24) is 10.2 Å². The van der Waals surface area contributed by atoms with Crippen LogP contribution >= 0.6 is 11.8 Å². The van der Waals surface area contributed by atoms with Gasteiger partial charge in [0.05, 0.1) is 12.3 Å². The number of hydrogen-bond donors (Lipinski definition) is 1. The van der Waals surface area contributed by atoms with Crippen molar-refractivity contribution in [2.75, 3.05) is 25.9 Å². The second kappa shape index (κ2) is 8.59. The van der Waals surface area contributed by atoms with Crippen LogP contribution in [0.5, 0.6) is 0 Å². The van der Waals surface area contributed by atoms with Crippen molar-refractivity contribution >= 4 is 17.7 Å². The van der Waals surface area contributed by atoms with Crippen LogP contribution in [-0.2, 0) is 0 Å². The zero-order valence-electron chi connectivity index (χ0n) is 15.0. The van der Waals surface area contributed by atoms with Gasteiger partial charge in [-0.15, -0.1) is 11.8 Å². The van der Waals surface area contributed by atoms with Crippen molar-refractivity contribution in [3.05, 3.63) is 53.5 Å². The Kier molecular flexibility index (Phi) is 6.21. The summed E-state index contributed by atoms with van der Waals surface area (Å²) in [5.74, 6) is 0.916. The normalized spacial score (nSPS) is 16.6. The standard InChI is InChI=1S/C20H26N2O2S/c1-15-8-9-16(25-2)13-17(15)20(23)21-14-18(19-7-6-12-24-19)22-10-4-3-5-11-22/h6-9,12-13,18H,3-5,10-11,14H2,1-2H3,(H,21,23). The van der Waals surface area contributed by atoms with Gasteiger partial charge in [0, 0.05) is 17.0 Å². The van der Waals surface area contributed by atoms with E-state index in [0.29, 0.717) is 6.54 Å².